The second kappa shape index (κ2) is 5.81. The number of piperidine rings is 1. The van der Waals surface area contributed by atoms with Crippen LogP contribution in [0.4, 0.5) is 0 Å². The minimum Gasteiger partial charge on any atom is -0.469 e. The van der Waals surface area contributed by atoms with Crippen LogP contribution in [0.25, 0.3) is 0 Å². The molecule has 1 saturated heterocycles. The Hall–Kier alpha value is -1.92. The first kappa shape index (κ1) is 13.5. The normalized spacial score (nSPS) is 20.9. The van der Waals surface area contributed by atoms with Gasteiger partial charge in [0.05, 0.1) is 13.0 Å². The first-order chi connectivity index (χ1) is 9.13. The summed E-state index contributed by atoms with van der Waals surface area (Å²) in [5, 5.41) is 3.97. The number of amides is 1. The maximum atomic E-state index is 12.3. The predicted octanol–water partition coefficient (Wildman–Crippen LogP) is 0.251. The van der Waals surface area contributed by atoms with Crippen molar-refractivity contribution in [1.82, 2.24) is 19.7 Å². The summed E-state index contributed by atoms with van der Waals surface area (Å²) >= 11 is 0. The van der Waals surface area contributed by atoms with E-state index in [9.17, 15) is 9.59 Å². The SMILES string of the molecule is COC(=O)[C@H]1CCCN(C(=O)C(C)n2cncn2)C1. The highest BCUT2D eigenvalue weighted by molar-refractivity contribution is 5.81. The summed E-state index contributed by atoms with van der Waals surface area (Å²) < 4.78 is 6.26. The Morgan fingerprint density at radius 2 is 2.26 bits per heavy atom. The van der Waals surface area contributed by atoms with E-state index in [2.05, 4.69) is 10.1 Å². The molecule has 1 unspecified atom stereocenters. The van der Waals surface area contributed by atoms with E-state index in [1.165, 1.54) is 24.4 Å². The van der Waals surface area contributed by atoms with E-state index < -0.39 is 6.04 Å². The van der Waals surface area contributed by atoms with Crippen molar-refractivity contribution in [2.75, 3.05) is 20.2 Å². The zero-order valence-electron chi connectivity index (χ0n) is 11.2. The largest absolute Gasteiger partial charge is 0.469 e. The van der Waals surface area contributed by atoms with Crippen LogP contribution in [-0.4, -0.2) is 51.7 Å². The van der Waals surface area contributed by atoms with Crippen molar-refractivity contribution in [2.24, 2.45) is 5.92 Å². The zero-order chi connectivity index (χ0) is 13.8. The molecule has 0 spiro atoms. The molecule has 7 heteroatoms. The highest BCUT2D eigenvalue weighted by atomic mass is 16.5. The van der Waals surface area contributed by atoms with Gasteiger partial charge < -0.3 is 9.64 Å². The van der Waals surface area contributed by atoms with E-state index in [1.54, 1.807) is 11.8 Å². The third kappa shape index (κ3) is 2.91. The molecule has 1 aromatic heterocycles. The standard InChI is InChI=1S/C12H18N4O3/c1-9(16-8-13-7-14-16)11(17)15-5-3-4-10(6-15)12(18)19-2/h7-10H,3-6H2,1-2H3/t9?,10-/m0/s1. The number of aromatic nitrogens is 3. The highest BCUT2D eigenvalue weighted by Crippen LogP contribution is 2.20. The van der Waals surface area contributed by atoms with Gasteiger partial charge in [-0.15, -0.1) is 0 Å². The van der Waals surface area contributed by atoms with Crippen LogP contribution in [0.2, 0.25) is 0 Å². The van der Waals surface area contributed by atoms with Gasteiger partial charge in [-0.25, -0.2) is 9.67 Å². The van der Waals surface area contributed by atoms with Crippen LogP contribution in [0.15, 0.2) is 12.7 Å². The van der Waals surface area contributed by atoms with Gasteiger partial charge in [-0.3, -0.25) is 9.59 Å². The molecule has 1 aliphatic heterocycles. The Balaban J connectivity index is 2.01. The summed E-state index contributed by atoms with van der Waals surface area (Å²) in [6.45, 7) is 2.87. The molecule has 2 heterocycles. The van der Waals surface area contributed by atoms with Crippen molar-refractivity contribution in [2.45, 2.75) is 25.8 Å². The molecular formula is C12H18N4O3. The maximum Gasteiger partial charge on any atom is 0.310 e. The lowest BCUT2D eigenvalue weighted by Gasteiger charge is -2.32. The Morgan fingerprint density at radius 1 is 1.47 bits per heavy atom. The van der Waals surface area contributed by atoms with Gasteiger partial charge in [0.1, 0.15) is 18.7 Å². The molecule has 1 aromatic rings. The fourth-order valence-corrected chi connectivity index (χ4v) is 2.33. The number of nitrogens with zero attached hydrogens (tertiary/aromatic N) is 4. The van der Waals surface area contributed by atoms with Crippen LogP contribution >= 0.6 is 0 Å². The minimum absolute atomic E-state index is 0.0425. The molecule has 0 radical (unpaired) electrons. The Morgan fingerprint density at radius 3 is 2.89 bits per heavy atom. The first-order valence-electron chi connectivity index (χ1n) is 6.34. The number of carbonyl (C=O) groups excluding carboxylic acids is 2. The number of hydrogen-bond donors (Lipinski definition) is 0. The summed E-state index contributed by atoms with van der Waals surface area (Å²) in [6, 6.07) is -0.404. The van der Waals surface area contributed by atoms with Gasteiger partial charge in [-0.05, 0) is 19.8 Å². The molecule has 1 aliphatic rings. The lowest BCUT2D eigenvalue weighted by molar-refractivity contribution is -0.149. The molecule has 7 nitrogen and oxygen atoms in total. The van der Waals surface area contributed by atoms with Gasteiger partial charge in [0, 0.05) is 13.1 Å². The van der Waals surface area contributed by atoms with Crippen LogP contribution in [0, 0.1) is 5.92 Å². The number of rotatable bonds is 3. The second-order valence-electron chi connectivity index (χ2n) is 4.70. The smallest absolute Gasteiger partial charge is 0.310 e. The molecular weight excluding hydrogens is 248 g/mol. The third-order valence-corrected chi connectivity index (χ3v) is 3.46. The summed E-state index contributed by atoms with van der Waals surface area (Å²) in [6.07, 6.45) is 4.51. The van der Waals surface area contributed by atoms with Crippen molar-refractivity contribution in [3.8, 4) is 0 Å². The molecule has 2 atom stereocenters. The van der Waals surface area contributed by atoms with Gasteiger partial charge in [0.2, 0.25) is 5.91 Å². The molecule has 0 bridgehead atoms. The Bertz CT molecular complexity index is 446. The molecule has 0 N–H and O–H groups in total. The quantitative estimate of drug-likeness (QED) is 0.733. The van der Waals surface area contributed by atoms with Gasteiger partial charge in [0.25, 0.3) is 0 Å². The van der Waals surface area contributed by atoms with E-state index in [0.717, 1.165) is 12.8 Å². The van der Waals surface area contributed by atoms with Gasteiger partial charge in [0.15, 0.2) is 0 Å². The van der Waals surface area contributed by atoms with Crippen molar-refractivity contribution < 1.29 is 14.3 Å². The summed E-state index contributed by atoms with van der Waals surface area (Å²) in [5.74, 6) is -0.504. The fraction of sp³-hybridized carbons (Fsp3) is 0.667. The number of likely N-dealkylation sites (tertiary alicyclic amines) is 1. The molecule has 1 fully saturated rings. The van der Waals surface area contributed by atoms with Gasteiger partial charge >= 0.3 is 5.97 Å². The van der Waals surface area contributed by atoms with Crippen LogP contribution < -0.4 is 0 Å². The van der Waals surface area contributed by atoms with Crippen molar-refractivity contribution in [3.05, 3.63) is 12.7 Å². The lowest BCUT2D eigenvalue weighted by Crippen LogP contribution is -2.45. The third-order valence-electron chi connectivity index (χ3n) is 3.46. The van der Waals surface area contributed by atoms with E-state index in [0.29, 0.717) is 13.1 Å². The lowest BCUT2D eigenvalue weighted by atomic mass is 9.97. The molecule has 2 rings (SSSR count). The van der Waals surface area contributed by atoms with Crippen LogP contribution in [0.1, 0.15) is 25.8 Å². The Labute approximate surface area is 111 Å². The number of esters is 1. The van der Waals surface area contributed by atoms with Crippen LogP contribution in [-0.2, 0) is 14.3 Å². The monoisotopic (exact) mass is 266 g/mol. The number of ether oxygens (including phenoxy) is 1. The zero-order valence-corrected chi connectivity index (χ0v) is 11.2. The molecule has 0 saturated carbocycles. The van der Waals surface area contributed by atoms with E-state index >= 15 is 0 Å². The summed E-state index contributed by atoms with van der Waals surface area (Å²) in [5.41, 5.74) is 0. The average molecular weight is 266 g/mol. The maximum absolute atomic E-state index is 12.3. The minimum atomic E-state index is -0.404. The summed E-state index contributed by atoms with van der Waals surface area (Å²) in [7, 11) is 1.38. The highest BCUT2D eigenvalue weighted by Gasteiger charge is 2.31. The molecule has 104 valence electrons. The first-order valence-corrected chi connectivity index (χ1v) is 6.34. The summed E-state index contributed by atoms with van der Waals surface area (Å²) in [4.78, 5) is 29.4. The number of hydrogen-bond acceptors (Lipinski definition) is 5. The fourth-order valence-electron chi connectivity index (χ4n) is 2.33. The van der Waals surface area contributed by atoms with Gasteiger partial charge in [-0.2, -0.15) is 5.10 Å². The van der Waals surface area contributed by atoms with E-state index in [1.807, 2.05) is 0 Å². The van der Waals surface area contributed by atoms with Crippen LogP contribution in [0.5, 0.6) is 0 Å². The average Bonchev–Trinajstić information content (AvgIpc) is 2.99. The van der Waals surface area contributed by atoms with Crippen molar-refractivity contribution >= 4 is 11.9 Å². The second-order valence-corrected chi connectivity index (χ2v) is 4.70. The van der Waals surface area contributed by atoms with Crippen LogP contribution in [0.3, 0.4) is 0 Å². The van der Waals surface area contributed by atoms with E-state index in [-0.39, 0.29) is 17.8 Å². The number of methoxy groups -OCH3 is 1. The topological polar surface area (TPSA) is 77.3 Å². The molecule has 1 amide bonds. The van der Waals surface area contributed by atoms with Crippen molar-refractivity contribution in [3.63, 3.8) is 0 Å². The molecule has 19 heavy (non-hydrogen) atoms. The molecule has 0 aromatic carbocycles. The predicted molar refractivity (Wildman–Crippen MR) is 66.1 cm³/mol. The van der Waals surface area contributed by atoms with E-state index in [4.69, 9.17) is 4.74 Å². The number of carbonyl (C=O) groups is 2. The Kier molecular flexibility index (Phi) is 4.13. The molecule has 0 aliphatic carbocycles. The van der Waals surface area contributed by atoms with Crippen molar-refractivity contribution in [1.29, 1.82) is 0 Å². The van der Waals surface area contributed by atoms with Gasteiger partial charge in [-0.1, -0.05) is 0 Å².